The normalized spacial score (nSPS) is 13.2. The number of carboxylic acids is 1. The molecule has 0 atom stereocenters. The molecule has 1 amide bonds. The van der Waals surface area contributed by atoms with Gasteiger partial charge in [0.15, 0.2) is 6.61 Å². The van der Waals surface area contributed by atoms with E-state index in [1.807, 2.05) is 18.2 Å². The molecule has 9 heteroatoms. The van der Waals surface area contributed by atoms with Gasteiger partial charge in [-0.15, -0.1) is 11.8 Å². The van der Waals surface area contributed by atoms with Crippen LogP contribution in [0.5, 0.6) is 5.75 Å². The van der Waals surface area contributed by atoms with Gasteiger partial charge in [0.25, 0.3) is 5.91 Å². The average Bonchev–Trinajstić information content (AvgIpc) is 3.13. The molecular weight excluding hydrogens is 455 g/mol. The van der Waals surface area contributed by atoms with E-state index < -0.39 is 24.3 Å². The first kappa shape index (κ1) is 22.7. The topological polar surface area (TPSA) is 66.8 Å². The van der Waals surface area contributed by atoms with Gasteiger partial charge in [-0.05, 0) is 59.7 Å². The first-order chi connectivity index (χ1) is 15.7. The second-order valence-electron chi connectivity index (χ2n) is 7.33. The van der Waals surface area contributed by atoms with Crippen molar-refractivity contribution in [1.82, 2.24) is 0 Å². The van der Waals surface area contributed by atoms with Gasteiger partial charge in [-0.2, -0.15) is 13.2 Å². The second-order valence-corrected chi connectivity index (χ2v) is 8.35. The number of carboxylic acid groups (broad SMARTS) is 1. The highest BCUT2D eigenvalue weighted by atomic mass is 32.2. The van der Waals surface area contributed by atoms with Crippen molar-refractivity contribution in [2.24, 2.45) is 0 Å². The third kappa shape index (κ3) is 5.14. The summed E-state index contributed by atoms with van der Waals surface area (Å²) in [6.45, 7) is -0.127. The Labute approximate surface area is 191 Å². The molecular formula is C24H18F3NO4S. The lowest BCUT2D eigenvalue weighted by Gasteiger charge is -2.17. The molecule has 0 aromatic heterocycles. The van der Waals surface area contributed by atoms with Gasteiger partial charge in [0.1, 0.15) is 5.75 Å². The van der Waals surface area contributed by atoms with Gasteiger partial charge in [0.2, 0.25) is 0 Å². The number of alkyl halides is 3. The van der Waals surface area contributed by atoms with Crippen molar-refractivity contribution in [3.8, 4) is 5.75 Å². The van der Waals surface area contributed by atoms with E-state index in [1.54, 1.807) is 36.0 Å². The average molecular weight is 473 g/mol. The number of hydrogen-bond donors (Lipinski definition) is 1. The second kappa shape index (κ2) is 9.19. The first-order valence-electron chi connectivity index (χ1n) is 9.90. The summed E-state index contributed by atoms with van der Waals surface area (Å²) in [5.74, 6) is -0.214. The van der Waals surface area contributed by atoms with Crippen LogP contribution in [0.3, 0.4) is 0 Å². The summed E-state index contributed by atoms with van der Waals surface area (Å²) in [6, 6.07) is 17.1. The highest BCUT2D eigenvalue weighted by molar-refractivity contribution is 7.98. The Morgan fingerprint density at radius 2 is 1.73 bits per heavy atom. The molecule has 3 aromatic carbocycles. The minimum atomic E-state index is -4.43. The Kier molecular flexibility index (Phi) is 6.33. The molecule has 0 spiro atoms. The molecule has 4 rings (SSSR count). The third-order valence-electron chi connectivity index (χ3n) is 5.11. The molecule has 0 aliphatic carbocycles. The molecule has 0 bridgehead atoms. The van der Waals surface area contributed by atoms with E-state index in [0.717, 1.165) is 28.2 Å². The summed E-state index contributed by atoms with van der Waals surface area (Å²) in [6.07, 6.45) is -4.43. The van der Waals surface area contributed by atoms with Crippen LogP contribution in [-0.2, 0) is 23.3 Å². The van der Waals surface area contributed by atoms with Gasteiger partial charge in [-0.1, -0.05) is 18.2 Å². The molecule has 0 radical (unpaired) electrons. The SMILES string of the molecule is O=C(O)COc1ccc(CSc2cccc3c2CN(c2ccc(C(F)(F)F)cc2)C3=O)cc1. The summed E-state index contributed by atoms with van der Waals surface area (Å²) in [7, 11) is 0. The van der Waals surface area contributed by atoms with Crippen LogP contribution < -0.4 is 9.64 Å². The fourth-order valence-electron chi connectivity index (χ4n) is 3.47. The van der Waals surface area contributed by atoms with Gasteiger partial charge in [-0.3, -0.25) is 4.79 Å². The van der Waals surface area contributed by atoms with E-state index in [2.05, 4.69) is 0 Å². The number of benzene rings is 3. The van der Waals surface area contributed by atoms with Gasteiger partial charge >= 0.3 is 12.1 Å². The summed E-state index contributed by atoms with van der Waals surface area (Å²) in [5, 5.41) is 8.67. The van der Waals surface area contributed by atoms with E-state index in [-0.39, 0.29) is 12.5 Å². The maximum absolute atomic E-state index is 12.9. The van der Waals surface area contributed by atoms with Crippen molar-refractivity contribution in [2.75, 3.05) is 11.5 Å². The largest absolute Gasteiger partial charge is 0.482 e. The maximum atomic E-state index is 12.9. The molecule has 170 valence electrons. The molecule has 0 saturated heterocycles. The number of thioether (sulfide) groups is 1. The van der Waals surface area contributed by atoms with Crippen molar-refractivity contribution in [2.45, 2.75) is 23.4 Å². The molecule has 1 N–H and O–H groups in total. The molecule has 0 unspecified atom stereocenters. The van der Waals surface area contributed by atoms with Crippen LogP contribution in [0.15, 0.2) is 71.6 Å². The molecule has 5 nitrogen and oxygen atoms in total. The van der Waals surface area contributed by atoms with Gasteiger partial charge in [-0.25, -0.2) is 4.79 Å². The molecule has 1 heterocycles. The highest BCUT2D eigenvalue weighted by Crippen LogP contribution is 2.37. The zero-order valence-electron chi connectivity index (χ0n) is 17.1. The minimum Gasteiger partial charge on any atom is -0.482 e. The number of rotatable bonds is 7. The number of amides is 1. The number of halogens is 3. The number of nitrogens with zero attached hydrogens (tertiary/aromatic N) is 1. The smallest absolute Gasteiger partial charge is 0.416 e. The lowest BCUT2D eigenvalue weighted by Crippen LogP contribution is -2.23. The standard InChI is InChI=1S/C24H18F3NO4S/c25-24(26,27)16-6-8-17(9-7-16)28-12-20-19(23(28)31)2-1-3-21(20)33-14-15-4-10-18(11-5-15)32-13-22(29)30/h1-11H,12-14H2,(H,29,30). The van der Waals surface area contributed by atoms with Crippen molar-refractivity contribution in [1.29, 1.82) is 0 Å². The Balaban J connectivity index is 1.46. The van der Waals surface area contributed by atoms with E-state index in [9.17, 15) is 22.8 Å². The number of carbonyl (C=O) groups is 2. The Morgan fingerprint density at radius 1 is 1.03 bits per heavy atom. The Bertz CT molecular complexity index is 1180. The van der Waals surface area contributed by atoms with E-state index >= 15 is 0 Å². The predicted octanol–water partition coefficient (Wildman–Crippen LogP) is 5.62. The van der Waals surface area contributed by atoms with Crippen LogP contribution in [0.4, 0.5) is 18.9 Å². The number of hydrogen-bond acceptors (Lipinski definition) is 4. The Morgan fingerprint density at radius 3 is 2.36 bits per heavy atom. The zero-order valence-corrected chi connectivity index (χ0v) is 17.9. The zero-order chi connectivity index (χ0) is 23.6. The number of anilines is 1. The summed E-state index contributed by atoms with van der Waals surface area (Å²) in [4.78, 5) is 25.9. The van der Waals surface area contributed by atoms with Crippen LogP contribution in [-0.4, -0.2) is 23.6 Å². The maximum Gasteiger partial charge on any atom is 0.416 e. The minimum absolute atomic E-state index is 0.243. The number of fused-ring (bicyclic) bond motifs is 1. The summed E-state index contributed by atoms with van der Waals surface area (Å²) in [5.41, 5.74) is 2.03. The van der Waals surface area contributed by atoms with Gasteiger partial charge < -0.3 is 14.7 Å². The molecule has 1 aliphatic rings. The monoisotopic (exact) mass is 473 g/mol. The number of carbonyl (C=O) groups excluding carboxylic acids is 1. The van der Waals surface area contributed by atoms with Crippen LogP contribution in [0.2, 0.25) is 0 Å². The van der Waals surface area contributed by atoms with Crippen LogP contribution >= 0.6 is 11.8 Å². The van der Waals surface area contributed by atoms with Crippen molar-refractivity contribution < 1.29 is 32.6 Å². The molecule has 33 heavy (non-hydrogen) atoms. The number of ether oxygens (including phenoxy) is 1. The summed E-state index contributed by atoms with van der Waals surface area (Å²) < 4.78 is 43.7. The van der Waals surface area contributed by atoms with Crippen LogP contribution in [0.1, 0.15) is 27.0 Å². The van der Waals surface area contributed by atoms with Crippen molar-refractivity contribution in [3.63, 3.8) is 0 Å². The summed E-state index contributed by atoms with van der Waals surface area (Å²) >= 11 is 1.55. The third-order valence-corrected chi connectivity index (χ3v) is 6.28. The van der Waals surface area contributed by atoms with Crippen LogP contribution in [0.25, 0.3) is 0 Å². The quantitative estimate of drug-likeness (QED) is 0.451. The van der Waals surface area contributed by atoms with E-state index in [1.165, 1.54) is 17.0 Å². The first-order valence-corrected chi connectivity index (χ1v) is 10.9. The molecule has 1 aliphatic heterocycles. The predicted molar refractivity (Wildman–Crippen MR) is 118 cm³/mol. The fourth-order valence-corrected chi connectivity index (χ4v) is 4.50. The molecule has 0 fully saturated rings. The highest BCUT2D eigenvalue weighted by Gasteiger charge is 2.33. The molecule has 3 aromatic rings. The van der Waals surface area contributed by atoms with E-state index in [4.69, 9.17) is 9.84 Å². The molecule has 0 saturated carbocycles. The fraction of sp³-hybridized carbons (Fsp3) is 0.167. The van der Waals surface area contributed by atoms with Gasteiger partial charge in [0, 0.05) is 21.9 Å². The lowest BCUT2D eigenvalue weighted by molar-refractivity contribution is -0.139. The number of aliphatic carboxylic acids is 1. The van der Waals surface area contributed by atoms with Crippen LogP contribution in [0, 0.1) is 0 Å². The van der Waals surface area contributed by atoms with Gasteiger partial charge in [0.05, 0.1) is 12.1 Å². The van der Waals surface area contributed by atoms with Crippen molar-refractivity contribution >= 4 is 29.3 Å². The van der Waals surface area contributed by atoms with Crippen molar-refractivity contribution in [3.05, 3.63) is 89.0 Å². The van der Waals surface area contributed by atoms with E-state index in [0.29, 0.717) is 22.8 Å². The Hall–Kier alpha value is -3.46. The lowest BCUT2D eigenvalue weighted by atomic mass is 10.1.